The normalized spacial score (nSPS) is 19.1. The van der Waals surface area contributed by atoms with E-state index in [1.54, 1.807) is 26.8 Å². The molecule has 0 bridgehead atoms. The number of methoxy groups -OCH3 is 1. The fraction of sp³-hybridized carbons (Fsp3) is 0.692. The van der Waals surface area contributed by atoms with Crippen molar-refractivity contribution in [2.24, 2.45) is 0 Å². The van der Waals surface area contributed by atoms with Gasteiger partial charge in [-0.1, -0.05) is 25.0 Å². The summed E-state index contributed by atoms with van der Waals surface area (Å²) in [5.41, 5.74) is -0.748. The van der Waals surface area contributed by atoms with E-state index < -0.39 is 53.7 Å². The van der Waals surface area contributed by atoms with Crippen molar-refractivity contribution in [3.05, 3.63) is 25.3 Å². The summed E-state index contributed by atoms with van der Waals surface area (Å²) >= 11 is 0. The molecule has 204 valence electrons. The van der Waals surface area contributed by atoms with Crippen molar-refractivity contribution in [2.45, 2.75) is 102 Å². The van der Waals surface area contributed by atoms with Gasteiger partial charge in [-0.2, -0.15) is 0 Å². The number of esters is 1. The van der Waals surface area contributed by atoms with Gasteiger partial charge in [0.1, 0.15) is 23.7 Å². The molecule has 1 saturated heterocycles. The van der Waals surface area contributed by atoms with Crippen molar-refractivity contribution in [1.29, 1.82) is 0 Å². The molecular formula is C26H43N3O7. The standard InChI is InChI=1S/C26H43N3O7/c1-7-9-11-12-13-15-19(28-25(34)36-26(3,4)5)23(32)29-17-18(30)16-21(29)22(31)27-20(14-10-8-2)24(33)35-6/h7-8,18-21,30H,1-2,9-17H2,3-6H3,(H,27,31)(H,28,34)/t18-,19-,20-,21-/m0/s1. The number of amides is 3. The van der Waals surface area contributed by atoms with Gasteiger partial charge in [-0.15, -0.1) is 13.2 Å². The third kappa shape index (κ3) is 10.8. The fourth-order valence-electron chi connectivity index (χ4n) is 3.97. The van der Waals surface area contributed by atoms with Gasteiger partial charge in [0, 0.05) is 13.0 Å². The molecular weight excluding hydrogens is 466 g/mol. The first-order valence-electron chi connectivity index (χ1n) is 12.5. The summed E-state index contributed by atoms with van der Waals surface area (Å²) in [6.07, 6.45) is 6.20. The molecule has 3 amide bonds. The Labute approximate surface area is 214 Å². The molecule has 1 aliphatic rings. The van der Waals surface area contributed by atoms with Gasteiger partial charge in [0.05, 0.1) is 13.2 Å². The summed E-state index contributed by atoms with van der Waals surface area (Å²) in [5.74, 6) is -1.66. The Balaban J connectivity index is 3.02. The minimum atomic E-state index is -0.993. The van der Waals surface area contributed by atoms with Gasteiger partial charge in [0.25, 0.3) is 0 Å². The van der Waals surface area contributed by atoms with Crippen LogP contribution in [0.1, 0.15) is 72.1 Å². The first-order chi connectivity index (χ1) is 16.9. The summed E-state index contributed by atoms with van der Waals surface area (Å²) in [7, 11) is 1.23. The van der Waals surface area contributed by atoms with Crippen LogP contribution in [0.3, 0.4) is 0 Å². The van der Waals surface area contributed by atoms with Gasteiger partial charge in [0.15, 0.2) is 0 Å². The molecule has 0 aromatic rings. The van der Waals surface area contributed by atoms with Crippen LogP contribution < -0.4 is 10.6 Å². The van der Waals surface area contributed by atoms with Gasteiger partial charge >= 0.3 is 12.1 Å². The number of carbonyl (C=O) groups is 4. The summed E-state index contributed by atoms with van der Waals surface area (Å²) in [6, 6.07) is -2.83. The van der Waals surface area contributed by atoms with Gasteiger partial charge in [-0.3, -0.25) is 9.59 Å². The van der Waals surface area contributed by atoms with Crippen molar-refractivity contribution in [2.75, 3.05) is 13.7 Å². The predicted molar refractivity (Wildman–Crippen MR) is 136 cm³/mol. The molecule has 0 radical (unpaired) electrons. The summed E-state index contributed by atoms with van der Waals surface area (Å²) < 4.78 is 10.1. The second kappa shape index (κ2) is 15.3. The molecule has 1 rings (SSSR count). The third-order valence-electron chi connectivity index (χ3n) is 5.72. The van der Waals surface area contributed by atoms with Crippen LogP contribution in [-0.2, 0) is 23.9 Å². The van der Waals surface area contributed by atoms with Crippen molar-refractivity contribution < 1.29 is 33.8 Å². The SMILES string of the molecule is C=CCCCCC[C@H](NC(=O)OC(C)(C)C)C(=O)N1C[C@@H](O)C[C@H]1C(=O)N[C@@H](CCC=C)C(=O)OC. The van der Waals surface area contributed by atoms with Crippen molar-refractivity contribution in [1.82, 2.24) is 15.5 Å². The lowest BCUT2D eigenvalue weighted by atomic mass is 10.0. The number of hydrogen-bond acceptors (Lipinski definition) is 7. The fourth-order valence-corrected chi connectivity index (χ4v) is 3.97. The van der Waals surface area contributed by atoms with Gasteiger partial charge in [-0.05, 0) is 52.9 Å². The number of aliphatic hydroxyl groups is 1. The van der Waals surface area contributed by atoms with Crippen LogP contribution >= 0.6 is 0 Å². The van der Waals surface area contributed by atoms with E-state index in [-0.39, 0.29) is 13.0 Å². The lowest BCUT2D eigenvalue weighted by molar-refractivity contribution is -0.146. The molecule has 0 aromatic heterocycles. The van der Waals surface area contributed by atoms with Crippen LogP contribution in [0.2, 0.25) is 0 Å². The largest absolute Gasteiger partial charge is 0.467 e. The molecule has 36 heavy (non-hydrogen) atoms. The predicted octanol–water partition coefficient (Wildman–Crippen LogP) is 2.60. The van der Waals surface area contributed by atoms with Gasteiger partial charge in [0.2, 0.25) is 11.8 Å². The Hall–Kier alpha value is -2.88. The Morgan fingerprint density at radius 1 is 1.03 bits per heavy atom. The van der Waals surface area contributed by atoms with Crippen LogP contribution in [-0.4, -0.2) is 77.4 Å². The van der Waals surface area contributed by atoms with E-state index in [0.717, 1.165) is 19.3 Å². The molecule has 0 aliphatic carbocycles. The Morgan fingerprint density at radius 2 is 1.69 bits per heavy atom. The molecule has 0 saturated carbocycles. The Kier molecular flexibility index (Phi) is 13.2. The zero-order valence-corrected chi connectivity index (χ0v) is 22.1. The zero-order valence-electron chi connectivity index (χ0n) is 22.1. The third-order valence-corrected chi connectivity index (χ3v) is 5.72. The van der Waals surface area contributed by atoms with E-state index in [1.807, 2.05) is 6.08 Å². The number of ether oxygens (including phenoxy) is 2. The molecule has 4 atom stereocenters. The smallest absolute Gasteiger partial charge is 0.408 e. The highest BCUT2D eigenvalue weighted by molar-refractivity contribution is 5.93. The van der Waals surface area contributed by atoms with Gasteiger partial charge < -0.3 is 30.1 Å². The second-order valence-corrected chi connectivity index (χ2v) is 9.97. The van der Waals surface area contributed by atoms with Crippen molar-refractivity contribution in [3.63, 3.8) is 0 Å². The van der Waals surface area contributed by atoms with E-state index in [1.165, 1.54) is 12.0 Å². The molecule has 3 N–H and O–H groups in total. The highest BCUT2D eigenvalue weighted by Crippen LogP contribution is 2.22. The minimum Gasteiger partial charge on any atom is -0.467 e. The summed E-state index contributed by atoms with van der Waals surface area (Å²) in [4.78, 5) is 52.5. The number of hydrogen-bond donors (Lipinski definition) is 3. The molecule has 0 spiro atoms. The molecule has 0 aromatic carbocycles. The average Bonchev–Trinajstić information content (AvgIpc) is 3.20. The quantitative estimate of drug-likeness (QED) is 0.186. The van der Waals surface area contributed by atoms with Crippen LogP contribution in [0.5, 0.6) is 0 Å². The first kappa shape index (κ1) is 31.2. The molecule has 10 nitrogen and oxygen atoms in total. The molecule has 1 heterocycles. The van der Waals surface area contributed by atoms with Gasteiger partial charge in [-0.25, -0.2) is 9.59 Å². The maximum Gasteiger partial charge on any atom is 0.408 e. The molecule has 1 fully saturated rings. The van der Waals surface area contributed by atoms with E-state index in [2.05, 4.69) is 23.8 Å². The monoisotopic (exact) mass is 509 g/mol. The number of carbonyl (C=O) groups excluding carboxylic acids is 4. The maximum absolute atomic E-state index is 13.5. The Morgan fingerprint density at radius 3 is 2.28 bits per heavy atom. The van der Waals surface area contributed by atoms with Crippen LogP contribution in [0.15, 0.2) is 25.3 Å². The number of allylic oxidation sites excluding steroid dienone is 2. The minimum absolute atomic E-state index is 0.0193. The lowest BCUT2D eigenvalue weighted by Gasteiger charge is -2.30. The van der Waals surface area contributed by atoms with E-state index in [0.29, 0.717) is 25.7 Å². The van der Waals surface area contributed by atoms with E-state index in [4.69, 9.17) is 9.47 Å². The van der Waals surface area contributed by atoms with E-state index in [9.17, 15) is 24.3 Å². The first-order valence-corrected chi connectivity index (χ1v) is 12.5. The second-order valence-electron chi connectivity index (χ2n) is 9.97. The highest BCUT2D eigenvalue weighted by atomic mass is 16.6. The number of nitrogens with one attached hydrogen (secondary N) is 2. The highest BCUT2D eigenvalue weighted by Gasteiger charge is 2.42. The summed E-state index contributed by atoms with van der Waals surface area (Å²) in [6.45, 7) is 12.4. The average molecular weight is 510 g/mol. The number of alkyl carbamates (subject to hydrolysis) is 1. The molecule has 1 aliphatic heterocycles. The number of β-amino-alcohol motifs (C(OH)–C–C–N with tert-alkyl or cyclic N) is 1. The van der Waals surface area contributed by atoms with Crippen LogP contribution in [0.25, 0.3) is 0 Å². The Bertz CT molecular complexity index is 778. The van der Waals surface area contributed by atoms with Crippen molar-refractivity contribution in [3.8, 4) is 0 Å². The topological polar surface area (TPSA) is 134 Å². The lowest BCUT2D eigenvalue weighted by Crippen LogP contribution is -2.55. The number of aliphatic hydroxyl groups excluding tert-OH is 1. The number of nitrogens with zero attached hydrogens (tertiary/aromatic N) is 1. The van der Waals surface area contributed by atoms with Crippen molar-refractivity contribution >= 4 is 23.9 Å². The van der Waals surface area contributed by atoms with Crippen LogP contribution in [0, 0.1) is 0 Å². The number of likely N-dealkylation sites (tertiary alicyclic amines) is 1. The number of unbranched alkanes of at least 4 members (excludes halogenated alkanes) is 3. The number of rotatable bonds is 14. The molecule has 0 unspecified atom stereocenters. The summed E-state index contributed by atoms with van der Waals surface area (Å²) in [5, 5.41) is 15.6. The maximum atomic E-state index is 13.5. The van der Waals surface area contributed by atoms with E-state index >= 15 is 0 Å². The zero-order chi connectivity index (χ0) is 27.3. The van der Waals surface area contributed by atoms with Crippen LogP contribution in [0.4, 0.5) is 4.79 Å². The molecule has 10 heteroatoms.